The fourth-order valence-electron chi connectivity index (χ4n) is 3.96. The highest BCUT2D eigenvalue weighted by Gasteiger charge is 2.29. The largest absolute Gasteiger partial charge is 0.379 e. The molecule has 0 spiro atoms. The summed E-state index contributed by atoms with van der Waals surface area (Å²) in [6, 6.07) is 10.6. The van der Waals surface area contributed by atoms with Crippen LogP contribution in [0.25, 0.3) is 0 Å². The molecule has 7 heteroatoms. The number of carbonyl (C=O) groups excluding carboxylic acids is 1. The van der Waals surface area contributed by atoms with Gasteiger partial charge in [0.2, 0.25) is 0 Å². The van der Waals surface area contributed by atoms with Crippen molar-refractivity contribution >= 4 is 11.6 Å². The van der Waals surface area contributed by atoms with Crippen LogP contribution in [0.15, 0.2) is 34.9 Å². The number of anilines is 1. The van der Waals surface area contributed by atoms with Gasteiger partial charge in [-0.2, -0.15) is 0 Å². The molecule has 150 valence electrons. The van der Waals surface area contributed by atoms with Gasteiger partial charge in [0.15, 0.2) is 11.5 Å². The molecule has 3 heterocycles. The summed E-state index contributed by atoms with van der Waals surface area (Å²) in [5, 5.41) is 4.03. The van der Waals surface area contributed by atoms with Crippen molar-refractivity contribution in [2.45, 2.75) is 26.4 Å². The van der Waals surface area contributed by atoms with E-state index in [-0.39, 0.29) is 11.9 Å². The van der Waals surface area contributed by atoms with E-state index in [1.165, 1.54) is 11.3 Å². The first kappa shape index (κ1) is 19.0. The molecule has 28 heavy (non-hydrogen) atoms. The molecule has 1 aromatic carbocycles. The minimum absolute atomic E-state index is 0.0484. The number of aryl methyl sites for hydroxylation is 1. The number of carbonyl (C=O) groups is 1. The SMILES string of the molecule is Cc1cccc(N2CCN(C(=O)c3cc(CN4CCOCC4)on3)CC2C)c1. The summed E-state index contributed by atoms with van der Waals surface area (Å²) in [7, 11) is 0. The van der Waals surface area contributed by atoms with Gasteiger partial charge in [0, 0.05) is 50.5 Å². The monoisotopic (exact) mass is 384 g/mol. The molecule has 2 saturated heterocycles. The molecular weight excluding hydrogens is 356 g/mol. The van der Waals surface area contributed by atoms with E-state index in [2.05, 4.69) is 53.1 Å². The molecule has 4 rings (SSSR count). The van der Waals surface area contributed by atoms with Crippen molar-refractivity contribution in [1.82, 2.24) is 15.0 Å². The van der Waals surface area contributed by atoms with Crippen LogP contribution in [0.1, 0.15) is 28.7 Å². The summed E-state index contributed by atoms with van der Waals surface area (Å²) >= 11 is 0. The molecule has 7 nitrogen and oxygen atoms in total. The summed E-state index contributed by atoms with van der Waals surface area (Å²) in [5.74, 6) is 0.685. The van der Waals surface area contributed by atoms with Gasteiger partial charge in [0.25, 0.3) is 5.91 Å². The van der Waals surface area contributed by atoms with E-state index in [1.54, 1.807) is 6.07 Å². The Hall–Kier alpha value is -2.38. The highest BCUT2D eigenvalue weighted by Crippen LogP contribution is 2.22. The van der Waals surface area contributed by atoms with Gasteiger partial charge in [-0.15, -0.1) is 0 Å². The van der Waals surface area contributed by atoms with Crippen LogP contribution >= 0.6 is 0 Å². The molecule has 0 aliphatic carbocycles. The zero-order valence-electron chi connectivity index (χ0n) is 16.6. The number of rotatable bonds is 4. The fourth-order valence-corrected chi connectivity index (χ4v) is 3.96. The average Bonchev–Trinajstić information content (AvgIpc) is 3.16. The zero-order chi connectivity index (χ0) is 19.5. The fraction of sp³-hybridized carbons (Fsp3) is 0.524. The van der Waals surface area contributed by atoms with Gasteiger partial charge in [-0.1, -0.05) is 17.3 Å². The van der Waals surface area contributed by atoms with E-state index >= 15 is 0 Å². The molecule has 0 N–H and O–H groups in total. The Morgan fingerprint density at radius 3 is 2.75 bits per heavy atom. The Labute approximate surface area is 165 Å². The van der Waals surface area contributed by atoms with Gasteiger partial charge in [-0.25, -0.2) is 0 Å². The second-order valence-electron chi connectivity index (χ2n) is 7.70. The molecule has 2 aliphatic rings. The lowest BCUT2D eigenvalue weighted by molar-refractivity contribution is 0.0305. The van der Waals surface area contributed by atoms with Crippen LogP contribution in [0.5, 0.6) is 0 Å². The Balaban J connectivity index is 1.37. The lowest BCUT2D eigenvalue weighted by atomic mass is 10.1. The van der Waals surface area contributed by atoms with Crippen molar-refractivity contribution in [3.8, 4) is 0 Å². The predicted molar refractivity (Wildman–Crippen MR) is 106 cm³/mol. The summed E-state index contributed by atoms with van der Waals surface area (Å²) in [6.07, 6.45) is 0. The van der Waals surface area contributed by atoms with Crippen molar-refractivity contribution in [3.05, 3.63) is 47.3 Å². The minimum atomic E-state index is -0.0484. The van der Waals surface area contributed by atoms with Gasteiger partial charge in [-0.05, 0) is 31.5 Å². The van der Waals surface area contributed by atoms with Crippen molar-refractivity contribution < 1.29 is 14.1 Å². The van der Waals surface area contributed by atoms with Crippen LogP contribution < -0.4 is 4.90 Å². The number of benzene rings is 1. The van der Waals surface area contributed by atoms with Gasteiger partial charge in [0.1, 0.15) is 0 Å². The maximum atomic E-state index is 12.9. The summed E-state index contributed by atoms with van der Waals surface area (Å²) in [4.78, 5) is 19.4. The summed E-state index contributed by atoms with van der Waals surface area (Å²) in [6.45, 7) is 10.3. The smallest absolute Gasteiger partial charge is 0.276 e. The second-order valence-corrected chi connectivity index (χ2v) is 7.70. The van der Waals surface area contributed by atoms with Crippen LogP contribution in [-0.4, -0.2) is 72.8 Å². The highest BCUT2D eigenvalue weighted by atomic mass is 16.5. The standard InChI is InChI=1S/C21H28N4O3/c1-16-4-3-5-18(12-16)25-7-6-24(14-17(25)2)21(26)20-13-19(28-22-20)15-23-8-10-27-11-9-23/h3-5,12-13,17H,6-11,14-15H2,1-2H3. The number of piperazine rings is 1. The van der Waals surface area contributed by atoms with Crippen LogP contribution in [0, 0.1) is 6.92 Å². The third-order valence-corrected chi connectivity index (χ3v) is 5.51. The van der Waals surface area contributed by atoms with E-state index in [0.29, 0.717) is 25.3 Å². The number of aromatic nitrogens is 1. The van der Waals surface area contributed by atoms with E-state index < -0.39 is 0 Å². The van der Waals surface area contributed by atoms with Crippen LogP contribution in [0.2, 0.25) is 0 Å². The predicted octanol–water partition coefficient (Wildman–Crippen LogP) is 2.17. The first-order chi connectivity index (χ1) is 13.6. The topological polar surface area (TPSA) is 62.0 Å². The van der Waals surface area contributed by atoms with E-state index in [0.717, 1.165) is 38.6 Å². The molecule has 0 saturated carbocycles. The third-order valence-electron chi connectivity index (χ3n) is 5.51. The molecule has 0 radical (unpaired) electrons. The summed E-state index contributed by atoms with van der Waals surface area (Å²) < 4.78 is 10.8. The number of morpholine rings is 1. The highest BCUT2D eigenvalue weighted by molar-refractivity contribution is 5.92. The summed E-state index contributed by atoms with van der Waals surface area (Å²) in [5.41, 5.74) is 2.87. The first-order valence-electron chi connectivity index (χ1n) is 9.98. The Bertz CT molecular complexity index is 815. The Kier molecular flexibility index (Phi) is 5.64. The van der Waals surface area contributed by atoms with E-state index in [9.17, 15) is 4.79 Å². The zero-order valence-corrected chi connectivity index (χ0v) is 16.6. The van der Waals surface area contributed by atoms with Gasteiger partial charge < -0.3 is 19.1 Å². The van der Waals surface area contributed by atoms with E-state index in [1.807, 2.05) is 4.90 Å². The van der Waals surface area contributed by atoms with Crippen molar-refractivity contribution in [1.29, 1.82) is 0 Å². The van der Waals surface area contributed by atoms with Crippen LogP contribution in [0.3, 0.4) is 0 Å². The normalized spacial score (nSPS) is 21.1. The van der Waals surface area contributed by atoms with Gasteiger partial charge >= 0.3 is 0 Å². The molecule has 2 fully saturated rings. The molecule has 1 unspecified atom stereocenters. The maximum Gasteiger partial charge on any atom is 0.276 e. The van der Waals surface area contributed by atoms with Crippen molar-refractivity contribution in [3.63, 3.8) is 0 Å². The minimum Gasteiger partial charge on any atom is -0.379 e. The van der Waals surface area contributed by atoms with Crippen LogP contribution in [0.4, 0.5) is 5.69 Å². The molecule has 0 bridgehead atoms. The lowest BCUT2D eigenvalue weighted by Crippen LogP contribution is -2.53. The second kappa shape index (κ2) is 8.32. The number of hydrogen-bond donors (Lipinski definition) is 0. The lowest BCUT2D eigenvalue weighted by Gasteiger charge is -2.41. The number of nitrogens with zero attached hydrogens (tertiary/aromatic N) is 4. The van der Waals surface area contributed by atoms with E-state index in [4.69, 9.17) is 9.26 Å². The van der Waals surface area contributed by atoms with Gasteiger partial charge in [0.05, 0.1) is 19.8 Å². The number of amides is 1. The average molecular weight is 384 g/mol. The van der Waals surface area contributed by atoms with Crippen molar-refractivity contribution in [2.24, 2.45) is 0 Å². The number of hydrogen-bond acceptors (Lipinski definition) is 6. The van der Waals surface area contributed by atoms with Gasteiger partial charge in [-0.3, -0.25) is 9.69 Å². The molecule has 1 aromatic heterocycles. The number of ether oxygens (including phenoxy) is 1. The molecule has 2 aromatic rings. The maximum absolute atomic E-state index is 12.9. The molecular formula is C21H28N4O3. The molecule has 1 amide bonds. The Morgan fingerprint density at radius 2 is 2.00 bits per heavy atom. The third kappa shape index (κ3) is 4.20. The molecule has 1 atom stereocenters. The molecule has 2 aliphatic heterocycles. The quantitative estimate of drug-likeness (QED) is 0.805. The Morgan fingerprint density at radius 1 is 1.18 bits per heavy atom. The van der Waals surface area contributed by atoms with Crippen molar-refractivity contribution in [2.75, 3.05) is 50.8 Å². The van der Waals surface area contributed by atoms with Crippen LogP contribution in [-0.2, 0) is 11.3 Å². The first-order valence-corrected chi connectivity index (χ1v) is 9.98.